The summed E-state index contributed by atoms with van der Waals surface area (Å²) in [7, 11) is 0. The zero-order chi connectivity index (χ0) is 12.3. The van der Waals surface area contributed by atoms with E-state index in [-0.39, 0.29) is 5.56 Å². The summed E-state index contributed by atoms with van der Waals surface area (Å²) in [6.07, 6.45) is -2.89. The third kappa shape index (κ3) is 2.87. The van der Waals surface area contributed by atoms with Gasteiger partial charge in [0.25, 0.3) is 0 Å². The number of halogens is 3. The molecule has 1 aromatic rings. The van der Waals surface area contributed by atoms with Gasteiger partial charge in [-0.15, -0.1) is 0 Å². The second-order valence-corrected chi connectivity index (χ2v) is 3.72. The summed E-state index contributed by atoms with van der Waals surface area (Å²) >= 11 is 0. The fourth-order valence-corrected chi connectivity index (χ4v) is 1.51. The molecule has 16 heavy (non-hydrogen) atoms. The minimum atomic E-state index is -4.35. The number of rotatable bonds is 3. The van der Waals surface area contributed by atoms with E-state index in [2.05, 4.69) is 6.58 Å². The largest absolute Gasteiger partial charge is 0.416 e. The fourth-order valence-electron chi connectivity index (χ4n) is 1.51. The number of hydrogen-bond donors (Lipinski definition) is 0. The Balaban J connectivity index is 3.18. The van der Waals surface area contributed by atoms with Crippen molar-refractivity contribution < 1.29 is 13.2 Å². The quantitative estimate of drug-likeness (QED) is 0.719. The molecule has 0 N–H and O–H groups in total. The van der Waals surface area contributed by atoms with Crippen LogP contribution in [0.15, 0.2) is 24.8 Å². The van der Waals surface area contributed by atoms with Crippen molar-refractivity contribution in [3.8, 4) is 0 Å². The first-order valence-electron chi connectivity index (χ1n) is 5.27. The van der Waals surface area contributed by atoms with Crippen molar-refractivity contribution in [1.82, 2.24) is 0 Å². The van der Waals surface area contributed by atoms with Crippen molar-refractivity contribution in [2.24, 2.45) is 0 Å². The van der Waals surface area contributed by atoms with Crippen LogP contribution in [-0.4, -0.2) is 6.18 Å². The Labute approximate surface area is 93.8 Å². The predicted octanol–water partition coefficient (Wildman–Crippen LogP) is 4.39. The molecule has 0 amide bonds. The van der Waals surface area contributed by atoms with E-state index in [1.54, 1.807) is 12.1 Å². The van der Waals surface area contributed by atoms with Crippen LogP contribution in [0.25, 0.3) is 5.57 Å². The number of hydrogen-bond acceptors (Lipinski definition) is 0. The second-order valence-electron chi connectivity index (χ2n) is 3.72. The molecule has 0 bridgehead atoms. The van der Waals surface area contributed by atoms with Crippen LogP contribution in [-0.2, 0) is 12.8 Å². The minimum Gasteiger partial charge on any atom is -0.166 e. The van der Waals surface area contributed by atoms with Gasteiger partial charge >= 0.3 is 6.18 Å². The van der Waals surface area contributed by atoms with Gasteiger partial charge in [0, 0.05) is 0 Å². The van der Waals surface area contributed by atoms with Crippen molar-refractivity contribution in [2.75, 3.05) is 0 Å². The maximum Gasteiger partial charge on any atom is 0.416 e. The van der Waals surface area contributed by atoms with Crippen molar-refractivity contribution >= 4 is 5.57 Å². The molecule has 88 valence electrons. The molecule has 1 rings (SSSR count). The third-order valence-corrected chi connectivity index (χ3v) is 2.56. The van der Waals surface area contributed by atoms with Crippen LogP contribution in [0.2, 0.25) is 0 Å². The van der Waals surface area contributed by atoms with Gasteiger partial charge in [-0.25, -0.2) is 0 Å². The molecule has 0 aliphatic heterocycles. The van der Waals surface area contributed by atoms with E-state index in [9.17, 15) is 13.2 Å². The maximum absolute atomic E-state index is 12.5. The van der Waals surface area contributed by atoms with Gasteiger partial charge in [-0.2, -0.15) is 13.2 Å². The predicted molar refractivity (Wildman–Crippen MR) is 60.3 cm³/mol. The average molecular weight is 228 g/mol. The molecule has 0 fully saturated rings. The first-order chi connectivity index (χ1) is 7.38. The highest BCUT2D eigenvalue weighted by molar-refractivity contribution is 5.68. The molecular weight excluding hydrogens is 213 g/mol. The minimum absolute atomic E-state index is 0.184. The summed E-state index contributed by atoms with van der Waals surface area (Å²) in [5.74, 6) is 0. The molecule has 1 aromatic carbocycles. The molecule has 0 atom stereocenters. The first-order valence-corrected chi connectivity index (χ1v) is 5.27. The van der Waals surface area contributed by atoms with Crippen molar-refractivity contribution in [3.05, 3.63) is 41.5 Å². The van der Waals surface area contributed by atoms with Crippen LogP contribution in [0.5, 0.6) is 0 Å². The molecule has 0 saturated heterocycles. The van der Waals surface area contributed by atoms with Gasteiger partial charge in [0.2, 0.25) is 0 Å². The topological polar surface area (TPSA) is 0 Å². The summed E-state index contributed by atoms with van der Waals surface area (Å²) < 4.78 is 37.5. The highest BCUT2D eigenvalue weighted by atomic mass is 19.4. The third-order valence-electron chi connectivity index (χ3n) is 2.56. The Morgan fingerprint density at radius 2 is 1.50 bits per heavy atom. The van der Waals surface area contributed by atoms with Gasteiger partial charge < -0.3 is 0 Å². The summed E-state index contributed by atoms with van der Waals surface area (Å²) in [6, 6.07) is 5.07. The number of allylic oxidation sites excluding steroid dienone is 1. The first kappa shape index (κ1) is 12.8. The molecule has 0 radical (unpaired) electrons. The van der Waals surface area contributed by atoms with Crippen LogP contribution in [0.4, 0.5) is 13.2 Å². The van der Waals surface area contributed by atoms with E-state index in [0.717, 1.165) is 24.0 Å². The lowest BCUT2D eigenvalue weighted by Crippen LogP contribution is -2.10. The van der Waals surface area contributed by atoms with Gasteiger partial charge in [0.1, 0.15) is 0 Å². The van der Waals surface area contributed by atoms with E-state index in [0.29, 0.717) is 0 Å². The van der Waals surface area contributed by atoms with Gasteiger partial charge in [-0.1, -0.05) is 38.6 Å². The zero-order valence-electron chi connectivity index (χ0n) is 9.49. The van der Waals surface area contributed by atoms with Crippen molar-refractivity contribution in [1.29, 1.82) is 0 Å². The summed E-state index contributed by atoms with van der Waals surface area (Å²) in [6.45, 7) is 6.97. The molecule has 0 aliphatic carbocycles. The molecule has 0 heterocycles. The standard InChI is InChI=1S/C13H15F3/c1-4-10-6-11(5-2)8-12(7-10)9(3)13(14,15)16/h6-8H,3-5H2,1-2H3. The van der Waals surface area contributed by atoms with Crippen LogP contribution in [0.1, 0.15) is 30.5 Å². The molecule has 0 aliphatic rings. The SMILES string of the molecule is C=C(c1cc(CC)cc(CC)c1)C(F)(F)F. The van der Waals surface area contributed by atoms with E-state index in [1.165, 1.54) is 0 Å². The Morgan fingerprint density at radius 1 is 1.06 bits per heavy atom. The highest BCUT2D eigenvalue weighted by Gasteiger charge is 2.32. The van der Waals surface area contributed by atoms with E-state index >= 15 is 0 Å². The van der Waals surface area contributed by atoms with E-state index in [4.69, 9.17) is 0 Å². The lowest BCUT2D eigenvalue weighted by Gasteiger charge is -2.13. The molecule has 3 heteroatoms. The smallest absolute Gasteiger partial charge is 0.166 e. The Kier molecular flexibility index (Phi) is 3.79. The van der Waals surface area contributed by atoms with Gasteiger partial charge in [0.05, 0.1) is 5.57 Å². The Bertz CT molecular complexity index is 366. The van der Waals surface area contributed by atoms with E-state index in [1.807, 2.05) is 19.9 Å². The lowest BCUT2D eigenvalue weighted by molar-refractivity contribution is -0.0686. The Morgan fingerprint density at radius 3 is 1.81 bits per heavy atom. The van der Waals surface area contributed by atoms with Gasteiger partial charge in [-0.3, -0.25) is 0 Å². The lowest BCUT2D eigenvalue weighted by atomic mass is 9.98. The van der Waals surface area contributed by atoms with Gasteiger partial charge in [0.15, 0.2) is 0 Å². The van der Waals surface area contributed by atoms with Crippen molar-refractivity contribution in [3.63, 3.8) is 0 Å². The zero-order valence-corrected chi connectivity index (χ0v) is 9.49. The molecule has 0 saturated carbocycles. The highest BCUT2D eigenvalue weighted by Crippen LogP contribution is 2.33. The number of alkyl halides is 3. The van der Waals surface area contributed by atoms with Crippen LogP contribution >= 0.6 is 0 Å². The molecule has 0 spiro atoms. The molecule has 0 aromatic heterocycles. The summed E-state index contributed by atoms with van der Waals surface area (Å²) in [5, 5.41) is 0. The second kappa shape index (κ2) is 4.73. The summed E-state index contributed by atoms with van der Waals surface area (Å²) in [5.41, 5.74) is 1.25. The fraction of sp³-hybridized carbons (Fsp3) is 0.385. The van der Waals surface area contributed by atoms with Crippen LogP contribution < -0.4 is 0 Å². The Hall–Kier alpha value is -1.25. The normalized spacial score (nSPS) is 11.6. The average Bonchev–Trinajstić information content (AvgIpc) is 2.26. The molecule has 0 nitrogen and oxygen atoms in total. The molecule has 0 unspecified atom stereocenters. The maximum atomic E-state index is 12.5. The van der Waals surface area contributed by atoms with E-state index < -0.39 is 11.7 Å². The monoisotopic (exact) mass is 228 g/mol. The van der Waals surface area contributed by atoms with Gasteiger partial charge in [-0.05, 0) is 29.5 Å². The number of aryl methyl sites for hydroxylation is 2. The van der Waals surface area contributed by atoms with Crippen molar-refractivity contribution in [2.45, 2.75) is 32.9 Å². The molecular formula is C13H15F3. The van der Waals surface area contributed by atoms with Crippen LogP contribution in [0.3, 0.4) is 0 Å². The summed E-state index contributed by atoms with van der Waals surface area (Å²) in [4.78, 5) is 0. The number of benzene rings is 1. The van der Waals surface area contributed by atoms with Crippen LogP contribution in [0, 0.1) is 0 Å².